The predicted molar refractivity (Wildman–Crippen MR) is 101 cm³/mol. The Hall–Kier alpha value is -3.22. The average molecular weight is 352 g/mol. The smallest absolute Gasteiger partial charge is 0.311 e. The van der Waals surface area contributed by atoms with E-state index in [0.717, 1.165) is 24.2 Å². The summed E-state index contributed by atoms with van der Waals surface area (Å²) in [6.45, 7) is 3.22. The molecule has 1 N–H and O–H groups in total. The molecule has 0 radical (unpaired) electrons. The Labute approximate surface area is 150 Å². The lowest BCUT2D eigenvalue weighted by molar-refractivity contribution is -0.384. The molecule has 3 heterocycles. The number of piperidine rings is 1. The maximum atomic E-state index is 11.3. The third-order valence-electron chi connectivity index (χ3n) is 4.29. The van der Waals surface area contributed by atoms with Gasteiger partial charge in [-0.05, 0) is 38.0 Å². The van der Waals surface area contributed by atoms with Crippen molar-refractivity contribution in [3.05, 3.63) is 79.9 Å². The molecule has 1 aliphatic heterocycles. The number of H-pyrrole nitrogens is 1. The number of allylic oxidation sites excluding steroid dienone is 2. The van der Waals surface area contributed by atoms with Crippen LogP contribution in [0.25, 0.3) is 6.08 Å². The highest BCUT2D eigenvalue weighted by Gasteiger charge is 2.23. The second kappa shape index (κ2) is 7.77. The van der Waals surface area contributed by atoms with Gasteiger partial charge in [-0.1, -0.05) is 23.8 Å². The van der Waals surface area contributed by atoms with Gasteiger partial charge in [-0.3, -0.25) is 14.9 Å². The molecule has 0 amide bonds. The van der Waals surface area contributed by atoms with Crippen molar-refractivity contribution in [3.63, 3.8) is 0 Å². The number of rotatable bonds is 4. The molecule has 1 aliphatic rings. The van der Waals surface area contributed by atoms with Crippen LogP contribution in [0, 0.1) is 17.0 Å². The number of hydrogen-bond donors (Lipinski definition) is 1. The summed E-state index contributed by atoms with van der Waals surface area (Å²) in [6, 6.07) is 8.21. The van der Waals surface area contributed by atoms with Crippen molar-refractivity contribution in [1.82, 2.24) is 9.97 Å². The van der Waals surface area contributed by atoms with Crippen LogP contribution >= 0.6 is 0 Å². The van der Waals surface area contributed by atoms with E-state index in [2.05, 4.69) is 9.97 Å². The number of nitrogens with zero attached hydrogens (tertiary/aromatic N) is 3. The van der Waals surface area contributed by atoms with Crippen LogP contribution in [0.2, 0.25) is 0 Å². The van der Waals surface area contributed by atoms with Crippen molar-refractivity contribution >= 4 is 17.6 Å². The Morgan fingerprint density at radius 1 is 1.23 bits per heavy atom. The fourth-order valence-corrected chi connectivity index (χ4v) is 2.93. The molecule has 0 aromatic carbocycles. The van der Waals surface area contributed by atoms with Crippen molar-refractivity contribution in [1.29, 1.82) is 0 Å². The van der Waals surface area contributed by atoms with Crippen LogP contribution in [0.1, 0.15) is 24.2 Å². The summed E-state index contributed by atoms with van der Waals surface area (Å²) in [5.74, 6) is 0.450. The van der Waals surface area contributed by atoms with Crippen molar-refractivity contribution in [3.8, 4) is 0 Å². The zero-order chi connectivity index (χ0) is 18.5. The van der Waals surface area contributed by atoms with Gasteiger partial charge in [-0.25, -0.2) is 4.98 Å². The Morgan fingerprint density at radius 3 is 2.69 bits per heavy atom. The SMILES string of the molecule is Cc1ccc([N+](=O)[O-])c(N2CCC(=CC=Cc3cccc(=O)[nH]3)CC2)n1. The molecule has 0 spiro atoms. The molecule has 0 bridgehead atoms. The quantitative estimate of drug-likeness (QED) is 0.674. The predicted octanol–water partition coefficient (Wildman–Crippen LogP) is 3.23. The van der Waals surface area contributed by atoms with E-state index in [9.17, 15) is 14.9 Å². The Balaban J connectivity index is 1.67. The number of aromatic nitrogens is 2. The maximum Gasteiger partial charge on any atom is 0.311 e. The average Bonchev–Trinajstić information content (AvgIpc) is 2.62. The van der Waals surface area contributed by atoms with Crippen LogP contribution in [0.4, 0.5) is 11.5 Å². The molecule has 0 atom stereocenters. The van der Waals surface area contributed by atoms with Crippen LogP contribution in [0.15, 0.2) is 52.9 Å². The lowest BCUT2D eigenvalue weighted by Crippen LogP contribution is -2.32. The van der Waals surface area contributed by atoms with Gasteiger partial charge < -0.3 is 9.88 Å². The first-order valence-electron chi connectivity index (χ1n) is 8.45. The zero-order valence-corrected chi connectivity index (χ0v) is 14.5. The van der Waals surface area contributed by atoms with E-state index in [-0.39, 0.29) is 16.2 Å². The molecule has 7 nitrogen and oxygen atoms in total. The Morgan fingerprint density at radius 2 is 2.00 bits per heavy atom. The van der Waals surface area contributed by atoms with E-state index in [1.807, 2.05) is 36.1 Å². The van der Waals surface area contributed by atoms with E-state index in [4.69, 9.17) is 0 Å². The maximum absolute atomic E-state index is 11.3. The Bertz CT molecular complexity index is 920. The van der Waals surface area contributed by atoms with Crippen LogP contribution in [-0.2, 0) is 0 Å². The topological polar surface area (TPSA) is 92.1 Å². The van der Waals surface area contributed by atoms with Gasteiger partial charge in [-0.15, -0.1) is 0 Å². The third-order valence-corrected chi connectivity index (χ3v) is 4.29. The number of nitrogens with one attached hydrogen (secondary N) is 1. The van der Waals surface area contributed by atoms with Crippen LogP contribution in [0.5, 0.6) is 0 Å². The molecule has 0 saturated carbocycles. The first-order valence-corrected chi connectivity index (χ1v) is 8.45. The van der Waals surface area contributed by atoms with Crippen LogP contribution in [-0.4, -0.2) is 28.0 Å². The number of aromatic amines is 1. The summed E-state index contributed by atoms with van der Waals surface area (Å²) in [7, 11) is 0. The normalized spacial score (nSPS) is 14.7. The monoisotopic (exact) mass is 352 g/mol. The molecular weight excluding hydrogens is 332 g/mol. The van der Waals surface area contributed by atoms with Gasteiger partial charge in [-0.2, -0.15) is 0 Å². The van der Waals surface area contributed by atoms with E-state index in [1.165, 1.54) is 17.7 Å². The lowest BCUT2D eigenvalue weighted by atomic mass is 10.0. The second-order valence-electron chi connectivity index (χ2n) is 6.19. The fourth-order valence-electron chi connectivity index (χ4n) is 2.93. The van der Waals surface area contributed by atoms with Gasteiger partial charge in [0.2, 0.25) is 11.4 Å². The number of anilines is 1. The summed E-state index contributed by atoms with van der Waals surface area (Å²) in [5, 5.41) is 11.2. The molecule has 26 heavy (non-hydrogen) atoms. The van der Waals surface area contributed by atoms with Gasteiger partial charge in [0.05, 0.1) is 4.92 Å². The lowest BCUT2D eigenvalue weighted by Gasteiger charge is -2.29. The van der Waals surface area contributed by atoms with E-state index >= 15 is 0 Å². The number of pyridine rings is 2. The van der Waals surface area contributed by atoms with E-state index in [0.29, 0.717) is 18.9 Å². The van der Waals surface area contributed by atoms with Gasteiger partial charge in [0.25, 0.3) is 0 Å². The molecule has 7 heteroatoms. The largest absolute Gasteiger partial charge is 0.350 e. The highest BCUT2D eigenvalue weighted by molar-refractivity contribution is 5.58. The molecule has 1 saturated heterocycles. The summed E-state index contributed by atoms with van der Waals surface area (Å²) in [4.78, 5) is 31.2. The highest BCUT2D eigenvalue weighted by atomic mass is 16.6. The summed E-state index contributed by atoms with van der Waals surface area (Å²) < 4.78 is 0. The third kappa shape index (κ3) is 4.24. The van der Waals surface area contributed by atoms with Crippen LogP contribution in [0.3, 0.4) is 0 Å². The second-order valence-corrected chi connectivity index (χ2v) is 6.19. The minimum atomic E-state index is -0.378. The number of hydrogen-bond acceptors (Lipinski definition) is 5. The standard InChI is InChI=1S/C19H20N4O3/c1-14-8-9-17(23(25)26)19(20-14)22-12-10-15(11-13-22)4-2-5-16-6-3-7-18(24)21-16/h2-9H,10-13H2,1H3,(H,21,24). The first-order chi connectivity index (χ1) is 12.5. The molecule has 0 aliphatic carbocycles. The highest BCUT2D eigenvalue weighted by Crippen LogP contribution is 2.29. The molecule has 0 unspecified atom stereocenters. The minimum absolute atomic E-state index is 0.0518. The zero-order valence-electron chi connectivity index (χ0n) is 14.5. The number of aryl methyl sites for hydroxylation is 1. The fraction of sp³-hybridized carbons (Fsp3) is 0.263. The first kappa shape index (κ1) is 17.6. The van der Waals surface area contributed by atoms with E-state index in [1.54, 1.807) is 12.1 Å². The molecule has 2 aromatic heterocycles. The van der Waals surface area contributed by atoms with Gasteiger partial charge in [0.15, 0.2) is 0 Å². The van der Waals surface area contributed by atoms with Crippen molar-refractivity contribution in [2.45, 2.75) is 19.8 Å². The van der Waals surface area contributed by atoms with Crippen molar-refractivity contribution in [2.75, 3.05) is 18.0 Å². The van der Waals surface area contributed by atoms with Gasteiger partial charge in [0, 0.05) is 36.6 Å². The molecule has 1 fully saturated rings. The minimum Gasteiger partial charge on any atom is -0.350 e. The molecular formula is C19H20N4O3. The summed E-state index contributed by atoms with van der Waals surface area (Å²) >= 11 is 0. The van der Waals surface area contributed by atoms with Gasteiger partial charge >= 0.3 is 5.69 Å². The van der Waals surface area contributed by atoms with Crippen molar-refractivity contribution < 1.29 is 4.92 Å². The molecule has 2 aromatic rings. The van der Waals surface area contributed by atoms with Crippen molar-refractivity contribution in [2.24, 2.45) is 0 Å². The van der Waals surface area contributed by atoms with Crippen LogP contribution < -0.4 is 10.5 Å². The number of nitro groups is 1. The van der Waals surface area contributed by atoms with E-state index < -0.39 is 0 Å². The molecule has 134 valence electrons. The molecule has 3 rings (SSSR count). The van der Waals surface area contributed by atoms with Gasteiger partial charge in [0.1, 0.15) is 0 Å². The Kier molecular flexibility index (Phi) is 5.26. The summed E-state index contributed by atoms with van der Waals surface area (Å²) in [6.07, 6.45) is 7.46. The summed E-state index contributed by atoms with van der Waals surface area (Å²) in [5.41, 5.74) is 2.72.